The summed E-state index contributed by atoms with van der Waals surface area (Å²) >= 11 is 6.35. The Hall–Kier alpha value is -0.530. The van der Waals surface area contributed by atoms with Crippen LogP contribution in [0.15, 0.2) is 18.2 Å². The Morgan fingerprint density at radius 2 is 2.11 bits per heavy atom. The lowest BCUT2D eigenvalue weighted by molar-refractivity contribution is 0.289. The number of aryl methyl sites for hydroxylation is 1. The van der Waals surface area contributed by atoms with Crippen molar-refractivity contribution in [3.8, 4) is 0 Å². The summed E-state index contributed by atoms with van der Waals surface area (Å²) in [6.45, 7) is 7.82. The molecule has 0 bridgehead atoms. The zero-order valence-electron chi connectivity index (χ0n) is 11.7. The molecule has 0 aromatic heterocycles. The molecule has 1 aliphatic carbocycles. The van der Waals surface area contributed by atoms with Gasteiger partial charge in [-0.05, 0) is 55.2 Å². The Balaban J connectivity index is 2.02. The van der Waals surface area contributed by atoms with Crippen LogP contribution in [0.1, 0.15) is 44.2 Å². The molecule has 0 heterocycles. The predicted molar refractivity (Wildman–Crippen MR) is 79.3 cm³/mol. The molecule has 1 saturated carbocycles. The van der Waals surface area contributed by atoms with E-state index in [1.165, 1.54) is 30.4 Å². The van der Waals surface area contributed by atoms with Crippen molar-refractivity contribution in [2.45, 2.75) is 52.5 Å². The molecular formula is C16H24ClN. The molecule has 100 valence electrons. The minimum absolute atomic E-state index is 0.307. The van der Waals surface area contributed by atoms with Gasteiger partial charge >= 0.3 is 0 Å². The van der Waals surface area contributed by atoms with Crippen LogP contribution in [0, 0.1) is 12.3 Å². The van der Waals surface area contributed by atoms with Crippen molar-refractivity contribution in [2.24, 2.45) is 5.41 Å². The molecule has 2 heteroatoms. The van der Waals surface area contributed by atoms with E-state index in [-0.39, 0.29) is 0 Å². The normalized spacial score (nSPS) is 18.7. The lowest BCUT2D eigenvalue weighted by Gasteiger charge is -2.29. The third-order valence-electron chi connectivity index (χ3n) is 4.07. The smallest absolute Gasteiger partial charge is 0.0440 e. The van der Waals surface area contributed by atoms with Crippen molar-refractivity contribution in [1.29, 1.82) is 0 Å². The molecule has 0 spiro atoms. The highest BCUT2D eigenvalue weighted by molar-refractivity contribution is 6.31. The summed E-state index contributed by atoms with van der Waals surface area (Å²) in [5.74, 6) is 0. The van der Waals surface area contributed by atoms with Gasteiger partial charge < -0.3 is 5.32 Å². The van der Waals surface area contributed by atoms with Gasteiger partial charge in [-0.15, -0.1) is 0 Å². The number of hydrogen-bond donors (Lipinski definition) is 1. The topological polar surface area (TPSA) is 12.0 Å². The number of rotatable bonds is 6. The predicted octanol–water partition coefficient (Wildman–Crippen LogP) is 4.36. The van der Waals surface area contributed by atoms with Crippen LogP contribution in [0.2, 0.25) is 5.02 Å². The van der Waals surface area contributed by atoms with E-state index in [4.69, 9.17) is 11.6 Å². The molecule has 1 fully saturated rings. The molecule has 1 aromatic carbocycles. The molecule has 18 heavy (non-hydrogen) atoms. The molecule has 2 rings (SSSR count). The Kier molecular flexibility index (Phi) is 4.34. The van der Waals surface area contributed by atoms with Crippen LogP contribution in [-0.2, 0) is 6.42 Å². The Labute approximate surface area is 116 Å². The molecule has 1 aliphatic rings. The highest BCUT2D eigenvalue weighted by Gasteiger charge is 2.28. The SMILES string of the molecule is CCC(C)(CNC1CC1)Cc1ccc(C)cc1Cl. The molecule has 1 unspecified atom stereocenters. The van der Waals surface area contributed by atoms with Gasteiger partial charge in [-0.2, -0.15) is 0 Å². The van der Waals surface area contributed by atoms with Crippen LogP contribution in [0.25, 0.3) is 0 Å². The first-order valence-electron chi connectivity index (χ1n) is 7.01. The summed E-state index contributed by atoms with van der Waals surface area (Å²) in [6, 6.07) is 7.19. The highest BCUT2D eigenvalue weighted by Crippen LogP contribution is 2.31. The zero-order valence-corrected chi connectivity index (χ0v) is 12.5. The Morgan fingerprint density at radius 3 is 2.67 bits per heavy atom. The van der Waals surface area contributed by atoms with Gasteiger partial charge in [0.1, 0.15) is 0 Å². The second kappa shape index (κ2) is 5.63. The van der Waals surface area contributed by atoms with Crippen LogP contribution in [0.3, 0.4) is 0 Å². The summed E-state index contributed by atoms with van der Waals surface area (Å²) in [5.41, 5.74) is 2.82. The molecular weight excluding hydrogens is 242 g/mol. The van der Waals surface area contributed by atoms with E-state index in [2.05, 4.69) is 44.3 Å². The van der Waals surface area contributed by atoms with Gasteiger partial charge in [0.25, 0.3) is 0 Å². The van der Waals surface area contributed by atoms with Gasteiger partial charge in [0.2, 0.25) is 0 Å². The second-order valence-corrected chi connectivity index (χ2v) is 6.50. The van der Waals surface area contributed by atoms with Crippen LogP contribution in [0.4, 0.5) is 0 Å². The minimum Gasteiger partial charge on any atom is -0.313 e. The van der Waals surface area contributed by atoms with E-state index >= 15 is 0 Å². The fourth-order valence-corrected chi connectivity index (χ4v) is 2.55. The average Bonchev–Trinajstić information content (AvgIpc) is 3.14. The van der Waals surface area contributed by atoms with E-state index in [0.29, 0.717) is 5.41 Å². The average molecular weight is 266 g/mol. The van der Waals surface area contributed by atoms with E-state index < -0.39 is 0 Å². The van der Waals surface area contributed by atoms with Gasteiger partial charge in [0.15, 0.2) is 0 Å². The van der Waals surface area contributed by atoms with Crippen molar-refractivity contribution in [1.82, 2.24) is 5.32 Å². The van der Waals surface area contributed by atoms with Crippen molar-refractivity contribution in [3.05, 3.63) is 34.3 Å². The first kappa shape index (κ1) is 13.9. The summed E-state index contributed by atoms with van der Waals surface area (Å²) in [6.07, 6.45) is 4.94. The van der Waals surface area contributed by atoms with Crippen molar-refractivity contribution in [3.63, 3.8) is 0 Å². The largest absolute Gasteiger partial charge is 0.313 e. The van der Waals surface area contributed by atoms with E-state index in [0.717, 1.165) is 24.0 Å². The molecule has 0 aliphatic heterocycles. The maximum Gasteiger partial charge on any atom is 0.0440 e. The lowest BCUT2D eigenvalue weighted by Crippen LogP contribution is -2.34. The summed E-state index contributed by atoms with van der Waals surface area (Å²) in [5, 5.41) is 4.57. The fraction of sp³-hybridized carbons (Fsp3) is 0.625. The number of hydrogen-bond acceptors (Lipinski definition) is 1. The van der Waals surface area contributed by atoms with Gasteiger partial charge in [-0.1, -0.05) is 37.6 Å². The number of nitrogens with one attached hydrogen (secondary N) is 1. The van der Waals surface area contributed by atoms with Gasteiger partial charge in [-0.3, -0.25) is 0 Å². The second-order valence-electron chi connectivity index (χ2n) is 6.09. The van der Waals surface area contributed by atoms with Gasteiger partial charge in [0.05, 0.1) is 0 Å². The van der Waals surface area contributed by atoms with E-state index in [1.807, 2.05) is 0 Å². The van der Waals surface area contributed by atoms with Gasteiger partial charge in [-0.25, -0.2) is 0 Å². The molecule has 0 saturated heterocycles. The zero-order chi connectivity index (χ0) is 13.2. The van der Waals surface area contributed by atoms with Crippen molar-refractivity contribution >= 4 is 11.6 Å². The molecule has 0 amide bonds. The molecule has 0 radical (unpaired) electrons. The van der Waals surface area contributed by atoms with Gasteiger partial charge in [0, 0.05) is 17.6 Å². The third-order valence-corrected chi connectivity index (χ3v) is 4.43. The Morgan fingerprint density at radius 1 is 1.39 bits per heavy atom. The summed E-state index contributed by atoms with van der Waals surface area (Å²) in [7, 11) is 0. The molecule has 1 nitrogen and oxygen atoms in total. The maximum absolute atomic E-state index is 6.35. The lowest BCUT2D eigenvalue weighted by atomic mass is 9.81. The standard InChI is InChI=1S/C16H24ClN/c1-4-16(3,11-18-14-7-8-14)10-13-6-5-12(2)9-15(13)17/h5-6,9,14,18H,4,7-8,10-11H2,1-3H3. The minimum atomic E-state index is 0.307. The van der Waals surface area contributed by atoms with Crippen LogP contribution >= 0.6 is 11.6 Å². The number of halogens is 1. The number of benzene rings is 1. The Bertz CT molecular complexity index is 412. The third kappa shape index (κ3) is 3.73. The van der Waals surface area contributed by atoms with Crippen molar-refractivity contribution in [2.75, 3.05) is 6.54 Å². The van der Waals surface area contributed by atoms with E-state index in [9.17, 15) is 0 Å². The monoisotopic (exact) mass is 265 g/mol. The maximum atomic E-state index is 6.35. The summed E-state index contributed by atoms with van der Waals surface area (Å²) < 4.78 is 0. The van der Waals surface area contributed by atoms with E-state index in [1.54, 1.807) is 0 Å². The van der Waals surface area contributed by atoms with Crippen LogP contribution < -0.4 is 5.32 Å². The molecule has 1 N–H and O–H groups in total. The quantitative estimate of drug-likeness (QED) is 0.806. The first-order valence-corrected chi connectivity index (χ1v) is 7.39. The summed E-state index contributed by atoms with van der Waals surface area (Å²) in [4.78, 5) is 0. The fourth-order valence-electron chi connectivity index (χ4n) is 2.25. The van der Waals surface area contributed by atoms with Crippen LogP contribution in [-0.4, -0.2) is 12.6 Å². The van der Waals surface area contributed by atoms with Crippen molar-refractivity contribution < 1.29 is 0 Å². The first-order chi connectivity index (χ1) is 8.52. The van der Waals surface area contributed by atoms with Crippen LogP contribution in [0.5, 0.6) is 0 Å². The molecule has 1 atom stereocenters. The molecule has 1 aromatic rings. The highest BCUT2D eigenvalue weighted by atomic mass is 35.5.